The average Bonchev–Trinajstić information content (AvgIpc) is 2.64. The third-order valence-corrected chi connectivity index (χ3v) is 3.96. The fourth-order valence-corrected chi connectivity index (χ4v) is 2.93. The lowest BCUT2D eigenvalue weighted by molar-refractivity contribution is -0.113. The van der Waals surface area contributed by atoms with Gasteiger partial charge in [0.05, 0.1) is 22.6 Å². The number of aromatic nitrogens is 1. The van der Waals surface area contributed by atoms with E-state index in [1.165, 1.54) is 4.90 Å². The highest BCUT2D eigenvalue weighted by atomic mass is 79.9. The lowest BCUT2D eigenvalue weighted by atomic mass is 10.1. The van der Waals surface area contributed by atoms with Crippen molar-refractivity contribution in [3.8, 4) is 0 Å². The third kappa shape index (κ3) is 1.78. The summed E-state index contributed by atoms with van der Waals surface area (Å²) < 4.78 is 0.633. The van der Waals surface area contributed by atoms with Crippen molar-refractivity contribution in [3.05, 3.63) is 51.8 Å². The summed E-state index contributed by atoms with van der Waals surface area (Å²) in [6, 6.07) is 8.98. The lowest BCUT2D eigenvalue weighted by Gasteiger charge is -2.18. The van der Waals surface area contributed by atoms with E-state index in [2.05, 4.69) is 20.9 Å². The number of aryl methyl sites for hydroxylation is 2. The number of anilines is 2. The molecule has 0 aliphatic carbocycles. The lowest BCUT2D eigenvalue weighted by Crippen LogP contribution is -2.25. The average molecular weight is 331 g/mol. The summed E-state index contributed by atoms with van der Waals surface area (Å²) >= 11 is 3.33. The van der Waals surface area contributed by atoms with Crippen molar-refractivity contribution < 1.29 is 9.59 Å². The number of benzene rings is 1. The Morgan fingerprint density at radius 2 is 1.80 bits per heavy atom. The zero-order valence-electron chi connectivity index (χ0n) is 11.0. The van der Waals surface area contributed by atoms with E-state index in [-0.39, 0.29) is 0 Å². The molecule has 1 amide bonds. The largest absolute Gasteiger partial charge is 0.304 e. The fraction of sp³-hybridized carbons (Fsp3) is 0.133. The number of halogens is 1. The summed E-state index contributed by atoms with van der Waals surface area (Å²) in [7, 11) is 0. The minimum Gasteiger partial charge on any atom is -0.283 e. The molecule has 0 fully saturated rings. The van der Waals surface area contributed by atoms with E-state index >= 15 is 0 Å². The van der Waals surface area contributed by atoms with E-state index < -0.39 is 11.7 Å². The van der Waals surface area contributed by atoms with Crippen molar-refractivity contribution in [2.24, 2.45) is 0 Å². The van der Waals surface area contributed by atoms with Gasteiger partial charge in [-0.3, -0.25) is 19.5 Å². The van der Waals surface area contributed by atoms with Crippen LogP contribution in [-0.2, 0) is 4.79 Å². The monoisotopic (exact) mass is 330 g/mol. The Hall–Kier alpha value is -2.01. The van der Waals surface area contributed by atoms with Gasteiger partial charge in [-0.2, -0.15) is 0 Å². The molecule has 0 saturated carbocycles. The maximum atomic E-state index is 12.3. The van der Waals surface area contributed by atoms with Gasteiger partial charge in [0, 0.05) is 10.2 Å². The Bertz CT molecular complexity index is 756. The van der Waals surface area contributed by atoms with Crippen molar-refractivity contribution in [3.63, 3.8) is 0 Å². The summed E-state index contributed by atoms with van der Waals surface area (Å²) in [5.41, 5.74) is 3.25. The van der Waals surface area contributed by atoms with Crippen LogP contribution in [0.25, 0.3) is 0 Å². The Kier molecular flexibility index (Phi) is 2.94. The van der Waals surface area contributed by atoms with Crippen LogP contribution in [-0.4, -0.2) is 16.7 Å². The third-order valence-electron chi connectivity index (χ3n) is 3.29. The Morgan fingerprint density at radius 3 is 2.50 bits per heavy atom. The van der Waals surface area contributed by atoms with Gasteiger partial charge in [-0.25, -0.2) is 0 Å². The van der Waals surface area contributed by atoms with Crippen LogP contribution in [0.2, 0.25) is 0 Å². The van der Waals surface area contributed by atoms with Gasteiger partial charge in [-0.15, -0.1) is 0 Å². The van der Waals surface area contributed by atoms with Gasteiger partial charge in [-0.1, -0.05) is 6.07 Å². The molecule has 0 unspecified atom stereocenters. The minimum absolute atomic E-state index is 0.414. The van der Waals surface area contributed by atoms with Gasteiger partial charge in [0.15, 0.2) is 0 Å². The molecule has 5 heteroatoms. The highest BCUT2D eigenvalue weighted by Crippen LogP contribution is 2.39. The molecule has 100 valence electrons. The number of carbonyl (C=O) groups is 2. The number of pyridine rings is 1. The zero-order chi connectivity index (χ0) is 14.4. The van der Waals surface area contributed by atoms with Crippen molar-refractivity contribution in [2.75, 3.05) is 4.90 Å². The summed E-state index contributed by atoms with van der Waals surface area (Å²) in [5.74, 6) is -1.03. The standard InChI is InChI=1S/C15H11BrN2O2/c1-8-6-7-11(9(2)17-8)18-12-5-3-4-10(16)13(12)14(19)15(18)20/h3-7H,1-2H3. The van der Waals surface area contributed by atoms with Gasteiger partial charge < -0.3 is 0 Å². The van der Waals surface area contributed by atoms with Crippen LogP contribution in [0.4, 0.5) is 11.4 Å². The molecule has 0 saturated heterocycles. The molecule has 4 nitrogen and oxygen atoms in total. The number of fused-ring (bicyclic) bond motifs is 1. The first-order valence-electron chi connectivity index (χ1n) is 6.12. The summed E-state index contributed by atoms with van der Waals surface area (Å²) in [4.78, 5) is 30.2. The summed E-state index contributed by atoms with van der Waals surface area (Å²) in [5, 5.41) is 0. The van der Waals surface area contributed by atoms with Crippen LogP contribution < -0.4 is 4.90 Å². The van der Waals surface area contributed by atoms with Crippen LogP contribution in [0.1, 0.15) is 21.7 Å². The number of amides is 1. The Labute approximate surface area is 124 Å². The molecule has 0 radical (unpaired) electrons. The number of carbonyl (C=O) groups excluding carboxylic acids is 2. The smallest absolute Gasteiger partial charge is 0.283 e. The second-order valence-corrected chi connectivity index (χ2v) is 5.52. The highest BCUT2D eigenvalue weighted by Gasteiger charge is 2.38. The van der Waals surface area contributed by atoms with Gasteiger partial charge in [0.25, 0.3) is 5.78 Å². The van der Waals surface area contributed by atoms with E-state index in [0.717, 1.165) is 11.4 Å². The van der Waals surface area contributed by atoms with Crippen LogP contribution in [0.3, 0.4) is 0 Å². The fourth-order valence-electron chi connectivity index (χ4n) is 2.40. The van der Waals surface area contributed by atoms with Crippen molar-refractivity contribution in [2.45, 2.75) is 13.8 Å². The van der Waals surface area contributed by atoms with E-state index in [1.807, 2.05) is 26.0 Å². The minimum atomic E-state index is -0.541. The summed E-state index contributed by atoms with van der Waals surface area (Å²) in [6.45, 7) is 3.72. The predicted molar refractivity (Wildman–Crippen MR) is 79.3 cm³/mol. The maximum Gasteiger partial charge on any atom is 0.304 e. The second kappa shape index (κ2) is 4.52. The molecule has 0 bridgehead atoms. The van der Waals surface area contributed by atoms with Gasteiger partial charge >= 0.3 is 5.91 Å². The van der Waals surface area contributed by atoms with Gasteiger partial charge in [0.2, 0.25) is 0 Å². The van der Waals surface area contributed by atoms with E-state index in [0.29, 0.717) is 21.4 Å². The zero-order valence-corrected chi connectivity index (χ0v) is 12.6. The number of Topliss-reactive ketones (excluding diaryl/α,β-unsaturated/α-hetero) is 1. The molecule has 20 heavy (non-hydrogen) atoms. The molecular weight excluding hydrogens is 320 g/mol. The van der Waals surface area contributed by atoms with Crippen molar-refractivity contribution in [1.82, 2.24) is 4.98 Å². The first-order chi connectivity index (χ1) is 9.50. The topological polar surface area (TPSA) is 50.3 Å². The molecule has 1 aromatic carbocycles. The Balaban J connectivity index is 2.24. The van der Waals surface area contributed by atoms with E-state index in [4.69, 9.17) is 0 Å². The van der Waals surface area contributed by atoms with Crippen LogP contribution >= 0.6 is 15.9 Å². The molecular formula is C15H11BrN2O2. The second-order valence-electron chi connectivity index (χ2n) is 4.66. The van der Waals surface area contributed by atoms with Crippen LogP contribution in [0.5, 0.6) is 0 Å². The number of rotatable bonds is 1. The Morgan fingerprint density at radius 1 is 1.05 bits per heavy atom. The first kappa shape index (κ1) is 13.0. The molecule has 1 aromatic heterocycles. The normalized spacial score (nSPS) is 13.8. The van der Waals surface area contributed by atoms with E-state index in [9.17, 15) is 9.59 Å². The predicted octanol–water partition coefficient (Wildman–Crippen LogP) is 3.32. The molecule has 1 aliphatic heterocycles. The number of ketones is 1. The highest BCUT2D eigenvalue weighted by molar-refractivity contribution is 9.10. The molecule has 0 atom stereocenters. The number of hydrogen-bond acceptors (Lipinski definition) is 3. The van der Waals surface area contributed by atoms with Crippen molar-refractivity contribution in [1.29, 1.82) is 0 Å². The van der Waals surface area contributed by atoms with Gasteiger partial charge in [-0.05, 0) is 54.0 Å². The molecule has 2 aromatic rings. The summed E-state index contributed by atoms with van der Waals surface area (Å²) in [6.07, 6.45) is 0. The molecule has 2 heterocycles. The van der Waals surface area contributed by atoms with Crippen LogP contribution in [0, 0.1) is 13.8 Å². The molecule has 0 spiro atoms. The maximum absolute atomic E-state index is 12.3. The molecule has 1 aliphatic rings. The van der Waals surface area contributed by atoms with Gasteiger partial charge in [0.1, 0.15) is 0 Å². The first-order valence-corrected chi connectivity index (χ1v) is 6.91. The molecule has 0 N–H and O–H groups in total. The van der Waals surface area contributed by atoms with Crippen molar-refractivity contribution >= 4 is 39.0 Å². The quantitative estimate of drug-likeness (QED) is 0.753. The SMILES string of the molecule is Cc1ccc(N2C(=O)C(=O)c3c(Br)cccc32)c(C)n1. The molecule has 3 rings (SSSR count). The number of hydrogen-bond donors (Lipinski definition) is 0. The van der Waals surface area contributed by atoms with Crippen LogP contribution in [0.15, 0.2) is 34.8 Å². The van der Waals surface area contributed by atoms with E-state index in [1.54, 1.807) is 18.2 Å². The number of nitrogens with zero attached hydrogens (tertiary/aromatic N) is 2.